The topological polar surface area (TPSA) is 54.4 Å². The Balaban J connectivity index is 2.76. The van der Waals surface area contributed by atoms with Crippen molar-refractivity contribution in [3.63, 3.8) is 0 Å². The molecule has 0 radical (unpaired) electrons. The molecule has 0 atom stereocenters. The Kier molecular flexibility index (Phi) is 2.76. The van der Waals surface area contributed by atoms with Gasteiger partial charge in [0.25, 0.3) is 0 Å². The number of carbonyl (C=O) groups is 2. The van der Waals surface area contributed by atoms with E-state index in [1.54, 1.807) is 11.4 Å². The third-order valence-electron chi connectivity index (χ3n) is 1.17. The molecule has 0 aliphatic carbocycles. The Hall–Kier alpha value is -1.42. The highest BCUT2D eigenvalue weighted by Crippen LogP contribution is 2.14. The Morgan fingerprint density at radius 1 is 1.58 bits per heavy atom. The fourth-order valence-corrected chi connectivity index (χ4v) is 1.42. The predicted octanol–water partition coefficient (Wildman–Crippen LogP) is 1.66. The summed E-state index contributed by atoms with van der Waals surface area (Å²) in [4.78, 5) is 21.1. The van der Waals surface area contributed by atoms with Crippen molar-refractivity contribution in [2.45, 2.75) is 0 Å². The molecule has 62 valence electrons. The summed E-state index contributed by atoms with van der Waals surface area (Å²) in [6.45, 7) is 0. The van der Waals surface area contributed by atoms with Gasteiger partial charge in [-0.15, -0.1) is 11.3 Å². The van der Waals surface area contributed by atoms with E-state index in [9.17, 15) is 9.59 Å². The number of thiophene rings is 1. The van der Waals surface area contributed by atoms with Crippen LogP contribution in [0.2, 0.25) is 0 Å². The van der Waals surface area contributed by atoms with Gasteiger partial charge in [0.1, 0.15) is 0 Å². The molecule has 0 unspecified atom stereocenters. The van der Waals surface area contributed by atoms with Gasteiger partial charge >= 0.3 is 5.97 Å². The quantitative estimate of drug-likeness (QED) is 0.571. The molecule has 0 saturated carbocycles. The molecule has 3 nitrogen and oxygen atoms in total. The van der Waals surface area contributed by atoms with Gasteiger partial charge < -0.3 is 5.11 Å². The molecular formula is C8H6O3S. The molecule has 1 aromatic heterocycles. The second-order valence-corrected chi connectivity index (χ2v) is 3.01. The van der Waals surface area contributed by atoms with Gasteiger partial charge in [0.2, 0.25) is 0 Å². The molecule has 0 fully saturated rings. The van der Waals surface area contributed by atoms with Crippen molar-refractivity contribution >= 4 is 29.7 Å². The molecule has 0 aliphatic rings. The number of rotatable bonds is 3. The molecular weight excluding hydrogens is 176 g/mol. The van der Waals surface area contributed by atoms with Crippen molar-refractivity contribution in [1.29, 1.82) is 0 Å². The van der Waals surface area contributed by atoms with E-state index < -0.39 is 5.97 Å². The molecule has 0 saturated heterocycles. The number of aliphatic carboxylic acids is 1. The highest BCUT2D eigenvalue weighted by Gasteiger charge is 1.95. The summed E-state index contributed by atoms with van der Waals surface area (Å²) < 4.78 is 0. The molecule has 0 aromatic carbocycles. The van der Waals surface area contributed by atoms with Crippen LogP contribution in [-0.4, -0.2) is 17.4 Å². The molecule has 0 bridgehead atoms. The summed E-state index contributed by atoms with van der Waals surface area (Å²) >= 11 is 1.33. The second kappa shape index (κ2) is 3.82. The van der Waals surface area contributed by atoms with E-state index in [4.69, 9.17) is 5.11 Å². The molecule has 0 amide bonds. The van der Waals surface area contributed by atoms with Gasteiger partial charge in [-0.1, -0.05) is 0 Å². The minimum atomic E-state index is -0.990. The third-order valence-corrected chi connectivity index (χ3v) is 2.08. The standard InChI is InChI=1S/C8H6O3S/c9-4-6-3-7(12-5-6)1-2-8(10)11/h1-5H,(H,10,11)/b2-1+. The normalized spacial score (nSPS) is 10.3. The maximum absolute atomic E-state index is 10.2. The van der Waals surface area contributed by atoms with Crippen molar-refractivity contribution in [2.24, 2.45) is 0 Å². The smallest absolute Gasteiger partial charge is 0.328 e. The summed E-state index contributed by atoms with van der Waals surface area (Å²) in [5, 5.41) is 9.96. The van der Waals surface area contributed by atoms with Crippen LogP contribution in [0.25, 0.3) is 6.08 Å². The van der Waals surface area contributed by atoms with E-state index in [2.05, 4.69) is 0 Å². The average molecular weight is 182 g/mol. The van der Waals surface area contributed by atoms with Gasteiger partial charge in [-0.3, -0.25) is 4.79 Å². The van der Waals surface area contributed by atoms with Crippen molar-refractivity contribution in [2.75, 3.05) is 0 Å². The van der Waals surface area contributed by atoms with E-state index in [-0.39, 0.29) is 0 Å². The van der Waals surface area contributed by atoms with E-state index in [1.165, 1.54) is 17.4 Å². The lowest BCUT2D eigenvalue weighted by Crippen LogP contribution is -1.84. The summed E-state index contributed by atoms with van der Waals surface area (Å²) in [5.74, 6) is -0.990. The highest BCUT2D eigenvalue weighted by atomic mass is 32.1. The number of carboxylic acid groups (broad SMARTS) is 1. The number of hydrogen-bond acceptors (Lipinski definition) is 3. The van der Waals surface area contributed by atoms with Crippen molar-refractivity contribution in [3.8, 4) is 0 Å². The Morgan fingerprint density at radius 3 is 2.83 bits per heavy atom. The van der Waals surface area contributed by atoms with Gasteiger partial charge in [0, 0.05) is 21.9 Å². The van der Waals surface area contributed by atoms with Crippen LogP contribution < -0.4 is 0 Å². The fourth-order valence-electron chi connectivity index (χ4n) is 0.671. The minimum Gasteiger partial charge on any atom is -0.478 e. The number of aldehydes is 1. The first-order valence-corrected chi connectivity index (χ1v) is 4.05. The van der Waals surface area contributed by atoms with Gasteiger partial charge in [-0.2, -0.15) is 0 Å². The lowest BCUT2D eigenvalue weighted by Gasteiger charge is -1.79. The first kappa shape index (κ1) is 8.67. The third kappa shape index (κ3) is 2.32. The predicted molar refractivity (Wildman–Crippen MR) is 46.4 cm³/mol. The van der Waals surface area contributed by atoms with Crippen LogP contribution in [0.1, 0.15) is 15.2 Å². The lowest BCUT2D eigenvalue weighted by molar-refractivity contribution is -0.131. The zero-order valence-corrected chi connectivity index (χ0v) is 6.88. The average Bonchev–Trinajstić information content (AvgIpc) is 2.48. The van der Waals surface area contributed by atoms with Crippen molar-refractivity contribution in [3.05, 3.63) is 28.0 Å². The monoisotopic (exact) mass is 182 g/mol. The second-order valence-electron chi connectivity index (χ2n) is 2.07. The van der Waals surface area contributed by atoms with E-state index in [0.29, 0.717) is 5.56 Å². The summed E-state index contributed by atoms with van der Waals surface area (Å²) in [5.41, 5.74) is 0.574. The zero-order valence-electron chi connectivity index (χ0n) is 6.06. The number of hydrogen-bond donors (Lipinski definition) is 1. The molecule has 1 aromatic rings. The Labute approximate surface area is 73.0 Å². The van der Waals surface area contributed by atoms with Crippen molar-refractivity contribution in [1.82, 2.24) is 0 Å². The molecule has 1 rings (SSSR count). The largest absolute Gasteiger partial charge is 0.478 e. The van der Waals surface area contributed by atoms with Crippen LogP contribution >= 0.6 is 11.3 Å². The van der Waals surface area contributed by atoms with E-state index in [0.717, 1.165) is 17.2 Å². The number of carbonyl (C=O) groups excluding carboxylic acids is 1. The highest BCUT2D eigenvalue weighted by molar-refractivity contribution is 7.11. The number of carboxylic acids is 1. The maximum atomic E-state index is 10.2. The molecule has 0 spiro atoms. The van der Waals surface area contributed by atoms with Crippen LogP contribution in [0, 0.1) is 0 Å². The Morgan fingerprint density at radius 2 is 2.33 bits per heavy atom. The van der Waals surface area contributed by atoms with Crippen molar-refractivity contribution < 1.29 is 14.7 Å². The van der Waals surface area contributed by atoms with E-state index >= 15 is 0 Å². The van der Waals surface area contributed by atoms with Gasteiger partial charge in [-0.25, -0.2) is 4.79 Å². The Bertz CT molecular complexity index is 325. The van der Waals surface area contributed by atoms with Crippen LogP contribution in [0.15, 0.2) is 17.5 Å². The lowest BCUT2D eigenvalue weighted by atomic mass is 10.3. The zero-order chi connectivity index (χ0) is 8.97. The molecule has 4 heteroatoms. The SMILES string of the molecule is O=Cc1csc(/C=C/C(=O)O)c1. The maximum Gasteiger partial charge on any atom is 0.328 e. The first-order chi connectivity index (χ1) is 5.72. The van der Waals surface area contributed by atoms with E-state index in [1.807, 2.05) is 0 Å². The summed E-state index contributed by atoms with van der Waals surface area (Å²) in [6.07, 6.45) is 3.23. The molecule has 12 heavy (non-hydrogen) atoms. The van der Waals surface area contributed by atoms with Crippen LogP contribution in [0.3, 0.4) is 0 Å². The summed E-state index contributed by atoms with van der Waals surface area (Å²) in [7, 11) is 0. The van der Waals surface area contributed by atoms with Gasteiger partial charge in [-0.05, 0) is 12.1 Å². The molecule has 0 aliphatic heterocycles. The van der Waals surface area contributed by atoms with Gasteiger partial charge in [0.05, 0.1) is 0 Å². The minimum absolute atomic E-state index is 0.574. The van der Waals surface area contributed by atoms with Crippen LogP contribution in [-0.2, 0) is 4.79 Å². The molecule has 1 N–H and O–H groups in total. The van der Waals surface area contributed by atoms with Crippen LogP contribution in [0.4, 0.5) is 0 Å². The molecule has 1 heterocycles. The fraction of sp³-hybridized carbons (Fsp3) is 0. The van der Waals surface area contributed by atoms with Gasteiger partial charge in [0.15, 0.2) is 6.29 Å². The summed E-state index contributed by atoms with van der Waals surface area (Å²) in [6, 6.07) is 1.64. The first-order valence-electron chi connectivity index (χ1n) is 3.17. The van der Waals surface area contributed by atoms with Crippen LogP contribution in [0.5, 0.6) is 0 Å².